The molecule has 1 atom stereocenters. The van der Waals surface area contributed by atoms with Crippen LogP contribution < -0.4 is 0 Å². The predicted molar refractivity (Wildman–Crippen MR) is 53.3 cm³/mol. The van der Waals surface area contributed by atoms with Crippen LogP contribution in [0.5, 0.6) is 0 Å². The van der Waals surface area contributed by atoms with Crippen molar-refractivity contribution in [3.63, 3.8) is 0 Å². The number of hydrogen-bond donors (Lipinski definition) is 1. The van der Waals surface area contributed by atoms with Crippen LogP contribution in [0, 0.1) is 0 Å². The monoisotopic (exact) mass is 248 g/mol. The lowest BCUT2D eigenvalue weighted by Crippen LogP contribution is -2.19. The van der Waals surface area contributed by atoms with Crippen LogP contribution in [-0.2, 0) is 22.3 Å². The molecule has 0 unspecified atom stereocenters. The average molecular weight is 248 g/mol. The molecule has 0 aromatic heterocycles. The van der Waals surface area contributed by atoms with Gasteiger partial charge in [-0.3, -0.25) is 0 Å². The van der Waals surface area contributed by atoms with Crippen LogP contribution in [0.4, 0.5) is 13.2 Å². The first-order valence-corrected chi connectivity index (χ1v) is 4.81. The highest BCUT2D eigenvalue weighted by Crippen LogP contribution is 2.29. The quantitative estimate of drug-likeness (QED) is 0.891. The summed E-state index contributed by atoms with van der Waals surface area (Å²) < 4.78 is 42.0. The van der Waals surface area contributed by atoms with Gasteiger partial charge in [0.2, 0.25) is 0 Å². The Balaban J connectivity index is 2.70. The van der Waals surface area contributed by atoms with Crippen LogP contribution in [-0.4, -0.2) is 17.2 Å². The van der Waals surface area contributed by atoms with Crippen LogP contribution >= 0.6 is 0 Å². The fraction of sp³-hybridized carbons (Fsp3) is 0.364. The van der Waals surface area contributed by atoms with Crippen molar-refractivity contribution in [2.24, 2.45) is 0 Å². The van der Waals surface area contributed by atoms with Gasteiger partial charge in [0.25, 0.3) is 0 Å². The lowest BCUT2D eigenvalue weighted by molar-refractivity contribution is -0.150. The maximum Gasteiger partial charge on any atom is 0.416 e. The Bertz CT molecular complexity index is 401. The molecule has 1 rings (SSSR count). The van der Waals surface area contributed by atoms with E-state index in [2.05, 4.69) is 0 Å². The van der Waals surface area contributed by atoms with Crippen molar-refractivity contribution >= 4 is 5.97 Å². The number of alkyl halides is 3. The number of benzene rings is 1. The van der Waals surface area contributed by atoms with Gasteiger partial charge in [-0.25, -0.2) is 4.79 Å². The number of rotatable bonds is 4. The fourth-order valence-corrected chi connectivity index (χ4v) is 1.13. The fourth-order valence-electron chi connectivity index (χ4n) is 1.13. The molecule has 0 aliphatic rings. The Morgan fingerprint density at radius 2 is 2.12 bits per heavy atom. The smallest absolute Gasteiger partial charge is 0.416 e. The Morgan fingerprint density at radius 3 is 2.65 bits per heavy atom. The van der Waals surface area contributed by atoms with E-state index in [0.717, 1.165) is 12.1 Å². The van der Waals surface area contributed by atoms with Gasteiger partial charge in [0, 0.05) is 0 Å². The first-order valence-electron chi connectivity index (χ1n) is 4.81. The molecule has 0 fully saturated rings. The molecule has 0 saturated heterocycles. The van der Waals surface area contributed by atoms with Crippen molar-refractivity contribution in [1.29, 1.82) is 0 Å². The zero-order valence-electron chi connectivity index (χ0n) is 8.99. The summed E-state index contributed by atoms with van der Waals surface area (Å²) in [5.41, 5.74) is -0.491. The third-order valence-electron chi connectivity index (χ3n) is 2.10. The van der Waals surface area contributed by atoms with Gasteiger partial charge in [0.15, 0.2) is 6.10 Å². The number of aliphatic carboxylic acids is 1. The highest BCUT2D eigenvalue weighted by Gasteiger charge is 2.30. The van der Waals surface area contributed by atoms with Gasteiger partial charge in [-0.1, -0.05) is 12.1 Å². The molecule has 0 spiro atoms. The molecule has 0 aliphatic heterocycles. The molecule has 0 heterocycles. The van der Waals surface area contributed by atoms with E-state index in [0.29, 0.717) is 0 Å². The zero-order chi connectivity index (χ0) is 13.1. The van der Waals surface area contributed by atoms with Crippen molar-refractivity contribution in [3.8, 4) is 0 Å². The molecule has 3 nitrogen and oxygen atoms in total. The molecule has 1 N–H and O–H groups in total. The van der Waals surface area contributed by atoms with Crippen LogP contribution in [0.15, 0.2) is 24.3 Å². The van der Waals surface area contributed by atoms with E-state index in [1.807, 2.05) is 0 Å². The Morgan fingerprint density at radius 1 is 1.47 bits per heavy atom. The summed E-state index contributed by atoms with van der Waals surface area (Å²) >= 11 is 0. The highest BCUT2D eigenvalue weighted by molar-refractivity contribution is 5.71. The van der Waals surface area contributed by atoms with Crippen molar-refractivity contribution in [1.82, 2.24) is 0 Å². The summed E-state index contributed by atoms with van der Waals surface area (Å²) in [6, 6.07) is 4.59. The molecule has 0 amide bonds. The molecule has 17 heavy (non-hydrogen) atoms. The molecule has 6 heteroatoms. The third kappa shape index (κ3) is 4.07. The van der Waals surface area contributed by atoms with E-state index in [9.17, 15) is 18.0 Å². The zero-order valence-corrected chi connectivity index (χ0v) is 8.99. The van der Waals surface area contributed by atoms with E-state index in [1.165, 1.54) is 19.1 Å². The number of carbonyl (C=O) groups is 1. The average Bonchev–Trinajstić information content (AvgIpc) is 2.25. The van der Waals surface area contributed by atoms with Crippen molar-refractivity contribution in [2.45, 2.75) is 25.8 Å². The van der Waals surface area contributed by atoms with E-state index in [1.54, 1.807) is 0 Å². The first kappa shape index (κ1) is 13.5. The summed E-state index contributed by atoms with van der Waals surface area (Å²) in [6.45, 7) is 1.15. The van der Waals surface area contributed by atoms with Crippen molar-refractivity contribution < 1.29 is 27.8 Å². The molecule has 0 bridgehead atoms. The minimum absolute atomic E-state index is 0.169. The van der Waals surface area contributed by atoms with Gasteiger partial charge in [-0.2, -0.15) is 13.2 Å². The van der Waals surface area contributed by atoms with Crippen molar-refractivity contribution in [3.05, 3.63) is 35.4 Å². The van der Waals surface area contributed by atoms with Crippen LogP contribution in [0.3, 0.4) is 0 Å². The molecule has 0 aliphatic carbocycles. The Labute approximate surface area is 95.8 Å². The number of halogens is 3. The van der Waals surface area contributed by atoms with Crippen molar-refractivity contribution in [2.75, 3.05) is 0 Å². The largest absolute Gasteiger partial charge is 0.479 e. The standard InChI is InChI=1S/C11H11F3O3/c1-7(10(15)16)17-6-8-3-2-4-9(5-8)11(12,13)14/h2-5,7H,6H2,1H3,(H,15,16)/t7-/m1/s1. The van der Waals surface area contributed by atoms with Gasteiger partial charge in [0.05, 0.1) is 12.2 Å². The summed E-state index contributed by atoms with van der Waals surface area (Å²) in [7, 11) is 0. The molecule has 0 radical (unpaired) electrons. The molecule has 1 aromatic carbocycles. The van der Waals surface area contributed by atoms with Crippen LogP contribution in [0.2, 0.25) is 0 Å². The normalized spacial score (nSPS) is 13.4. The second kappa shape index (κ2) is 5.18. The van der Waals surface area contributed by atoms with Crippen LogP contribution in [0.25, 0.3) is 0 Å². The molecular formula is C11H11F3O3. The van der Waals surface area contributed by atoms with Gasteiger partial charge >= 0.3 is 12.1 Å². The molecule has 1 aromatic rings. The summed E-state index contributed by atoms with van der Waals surface area (Å²) in [6.07, 6.45) is -5.46. The molecule has 0 saturated carbocycles. The maximum atomic E-state index is 12.4. The summed E-state index contributed by atoms with van der Waals surface area (Å²) in [5.74, 6) is -1.16. The van der Waals surface area contributed by atoms with E-state index < -0.39 is 23.8 Å². The molecule has 94 valence electrons. The number of carboxylic acid groups (broad SMARTS) is 1. The summed E-state index contributed by atoms with van der Waals surface area (Å²) in [4.78, 5) is 10.4. The van der Waals surface area contributed by atoms with Gasteiger partial charge in [-0.05, 0) is 24.6 Å². The lowest BCUT2D eigenvalue weighted by atomic mass is 10.1. The third-order valence-corrected chi connectivity index (χ3v) is 2.10. The van der Waals surface area contributed by atoms with Gasteiger partial charge in [-0.15, -0.1) is 0 Å². The first-order chi connectivity index (χ1) is 7.80. The minimum atomic E-state index is -4.41. The second-order valence-electron chi connectivity index (χ2n) is 3.49. The lowest BCUT2D eigenvalue weighted by Gasteiger charge is -2.11. The van der Waals surface area contributed by atoms with Gasteiger partial charge in [0.1, 0.15) is 0 Å². The minimum Gasteiger partial charge on any atom is -0.479 e. The topological polar surface area (TPSA) is 46.5 Å². The van der Waals surface area contributed by atoms with Crippen LogP contribution in [0.1, 0.15) is 18.1 Å². The predicted octanol–water partition coefficient (Wildman–Crippen LogP) is 2.70. The number of hydrogen-bond acceptors (Lipinski definition) is 2. The second-order valence-corrected chi connectivity index (χ2v) is 3.49. The van der Waals surface area contributed by atoms with E-state index in [4.69, 9.17) is 9.84 Å². The van der Waals surface area contributed by atoms with Gasteiger partial charge < -0.3 is 9.84 Å². The molecular weight excluding hydrogens is 237 g/mol. The van der Waals surface area contributed by atoms with E-state index >= 15 is 0 Å². The Kier molecular flexibility index (Phi) is 4.11. The summed E-state index contributed by atoms with van der Waals surface area (Å²) in [5, 5.41) is 8.54. The number of ether oxygens (including phenoxy) is 1. The number of carboxylic acids is 1. The Hall–Kier alpha value is -1.56. The highest BCUT2D eigenvalue weighted by atomic mass is 19.4. The van der Waals surface area contributed by atoms with E-state index in [-0.39, 0.29) is 12.2 Å². The SMILES string of the molecule is C[C@@H](OCc1cccc(C(F)(F)F)c1)C(=O)O. The maximum absolute atomic E-state index is 12.4.